The van der Waals surface area contributed by atoms with Crippen molar-refractivity contribution in [2.45, 2.75) is 45.3 Å². The number of carbonyl (C=O) groups excluding carboxylic acids is 1. The first-order chi connectivity index (χ1) is 10.2. The van der Waals surface area contributed by atoms with Crippen LogP contribution in [0.3, 0.4) is 0 Å². The molecule has 0 spiro atoms. The average Bonchev–Trinajstić information content (AvgIpc) is 2.51. The van der Waals surface area contributed by atoms with E-state index in [1.54, 1.807) is 32.5 Å². The highest BCUT2D eigenvalue weighted by Gasteiger charge is 2.59. The summed E-state index contributed by atoms with van der Waals surface area (Å²) in [5.74, 6) is 0.786. The standard InChI is InChI=1S/C17H26N2O3/c1-16(2)14(11-17(16,3)22-6)19(4)15(20)10-12-9-13(21-5)7-8-18-12/h7-9,14H,10-11H2,1-6H3/t14-,17-/m1/s1. The Morgan fingerprint density at radius 3 is 2.64 bits per heavy atom. The Labute approximate surface area is 132 Å². The lowest BCUT2D eigenvalue weighted by Gasteiger charge is -2.61. The highest BCUT2D eigenvalue weighted by Crippen LogP contribution is 2.53. The molecule has 2 atom stereocenters. The van der Waals surface area contributed by atoms with Crippen molar-refractivity contribution in [3.63, 3.8) is 0 Å². The number of pyridine rings is 1. The normalized spacial score (nSPS) is 26.2. The predicted molar refractivity (Wildman–Crippen MR) is 84.9 cm³/mol. The van der Waals surface area contributed by atoms with Crippen molar-refractivity contribution < 1.29 is 14.3 Å². The smallest absolute Gasteiger partial charge is 0.228 e. The zero-order valence-corrected chi connectivity index (χ0v) is 14.3. The summed E-state index contributed by atoms with van der Waals surface area (Å²) in [7, 11) is 5.21. The molecule has 1 saturated carbocycles. The van der Waals surface area contributed by atoms with Crippen LogP contribution < -0.4 is 4.74 Å². The van der Waals surface area contributed by atoms with Crippen molar-refractivity contribution in [2.75, 3.05) is 21.3 Å². The number of nitrogens with zero attached hydrogens (tertiary/aromatic N) is 2. The number of methoxy groups -OCH3 is 2. The molecule has 22 heavy (non-hydrogen) atoms. The second-order valence-electron chi connectivity index (χ2n) is 6.75. The molecule has 122 valence electrons. The first-order valence-corrected chi connectivity index (χ1v) is 7.55. The van der Waals surface area contributed by atoms with E-state index < -0.39 is 0 Å². The summed E-state index contributed by atoms with van der Waals surface area (Å²) < 4.78 is 10.8. The zero-order valence-electron chi connectivity index (χ0n) is 14.3. The van der Waals surface area contributed by atoms with Gasteiger partial charge in [0.05, 0.1) is 24.8 Å². The molecule has 0 radical (unpaired) electrons. The Morgan fingerprint density at radius 2 is 2.09 bits per heavy atom. The monoisotopic (exact) mass is 306 g/mol. The number of hydrogen-bond donors (Lipinski definition) is 0. The van der Waals surface area contributed by atoms with Crippen LogP contribution in [0.5, 0.6) is 5.75 Å². The van der Waals surface area contributed by atoms with Gasteiger partial charge in [-0.25, -0.2) is 0 Å². The lowest BCUT2D eigenvalue weighted by molar-refractivity contribution is -0.207. The van der Waals surface area contributed by atoms with Crippen LogP contribution in [-0.2, 0) is 16.0 Å². The van der Waals surface area contributed by atoms with E-state index in [4.69, 9.17) is 9.47 Å². The van der Waals surface area contributed by atoms with Crippen LogP contribution in [0.15, 0.2) is 18.3 Å². The summed E-state index contributed by atoms with van der Waals surface area (Å²) in [6.07, 6.45) is 2.80. The minimum atomic E-state index is -0.180. The molecule has 1 heterocycles. The fourth-order valence-corrected chi connectivity index (χ4v) is 3.21. The fraction of sp³-hybridized carbons (Fsp3) is 0.647. The quantitative estimate of drug-likeness (QED) is 0.837. The van der Waals surface area contributed by atoms with Crippen LogP contribution in [0, 0.1) is 5.41 Å². The third-order valence-electron chi connectivity index (χ3n) is 5.45. The summed E-state index contributed by atoms with van der Waals surface area (Å²) in [6.45, 7) is 6.40. The number of carbonyl (C=O) groups is 1. The Bertz CT molecular complexity index is 559. The Balaban J connectivity index is 2.04. The van der Waals surface area contributed by atoms with E-state index in [-0.39, 0.29) is 29.4 Å². The van der Waals surface area contributed by atoms with Gasteiger partial charge in [-0.1, -0.05) is 13.8 Å². The molecule has 1 aliphatic carbocycles. The van der Waals surface area contributed by atoms with Crippen molar-refractivity contribution in [1.82, 2.24) is 9.88 Å². The molecule has 1 fully saturated rings. The number of aromatic nitrogens is 1. The molecule has 5 heteroatoms. The topological polar surface area (TPSA) is 51.7 Å². The van der Waals surface area contributed by atoms with Gasteiger partial charge in [0.1, 0.15) is 5.75 Å². The number of rotatable bonds is 5. The van der Waals surface area contributed by atoms with E-state index in [2.05, 4.69) is 25.8 Å². The van der Waals surface area contributed by atoms with Crippen molar-refractivity contribution in [2.24, 2.45) is 5.41 Å². The third kappa shape index (κ3) is 2.70. The molecule has 1 aromatic rings. The second kappa shape index (κ2) is 5.88. The molecule has 0 saturated heterocycles. The summed E-state index contributed by atoms with van der Waals surface area (Å²) in [4.78, 5) is 18.6. The zero-order chi connectivity index (χ0) is 16.5. The van der Waals surface area contributed by atoms with Gasteiger partial charge in [-0.05, 0) is 19.4 Å². The molecular formula is C17H26N2O3. The summed E-state index contributed by atoms with van der Waals surface area (Å²) in [6, 6.07) is 3.75. The number of amides is 1. The van der Waals surface area contributed by atoms with E-state index in [9.17, 15) is 4.79 Å². The van der Waals surface area contributed by atoms with Gasteiger partial charge in [0.15, 0.2) is 0 Å². The SMILES string of the molecule is COc1ccnc(CC(=O)N(C)[C@@H]2C[C@@](C)(OC)C2(C)C)c1. The van der Waals surface area contributed by atoms with E-state index in [1.165, 1.54) is 0 Å². The minimum Gasteiger partial charge on any atom is -0.497 e. The van der Waals surface area contributed by atoms with Gasteiger partial charge in [0.25, 0.3) is 0 Å². The van der Waals surface area contributed by atoms with Gasteiger partial charge < -0.3 is 14.4 Å². The van der Waals surface area contributed by atoms with Crippen LogP contribution in [0.4, 0.5) is 0 Å². The highest BCUT2D eigenvalue weighted by atomic mass is 16.5. The number of hydrogen-bond acceptors (Lipinski definition) is 4. The summed E-state index contributed by atoms with van der Waals surface area (Å²) in [5, 5.41) is 0. The van der Waals surface area contributed by atoms with Gasteiger partial charge in [-0.2, -0.15) is 0 Å². The van der Waals surface area contributed by atoms with Crippen LogP contribution in [0.2, 0.25) is 0 Å². The maximum Gasteiger partial charge on any atom is 0.228 e. The Hall–Kier alpha value is -1.62. The maximum atomic E-state index is 12.5. The molecule has 2 rings (SSSR count). The van der Waals surface area contributed by atoms with Crippen LogP contribution >= 0.6 is 0 Å². The largest absolute Gasteiger partial charge is 0.497 e. The molecule has 0 aromatic carbocycles. The Morgan fingerprint density at radius 1 is 1.41 bits per heavy atom. The molecular weight excluding hydrogens is 280 g/mol. The molecule has 0 N–H and O–H groups in total. The minimum absolute atomic E-state index is 0.0666. The molecule has 1 aliphatic rings. The van der Waals surface area contributed by atoms with Crippen LogP contribution in [0.25, 0.3) is 0 Å². The van der Waals surface area contributed by atoms with E-state index in [0.29, 0.717) is 0 Å². The van der Waals surface area contributed by atoms with Gasteiger partial charge in [-0.3, -0.25) is 9.78 Å². The third-order valence-corrected chi connectivity index (χ3v) is 5.45. The van der Waals surface area contributed by atoms with Gasteiger partial charge >= 0.3 is 0 Å². The number of ether oxygens (including phenoxy) is 2. The lowest BCUT2D eigenvalue weighted by Crippen LogP contribution is -2.68. The highest BCUT2D eigenvalue weighted by molar-refractivity contribution is 5.78. The van der Waals surface area contributed by atoms with Crippen LogP contribution in [-0.4, -0.2) is 48.7 Å². The summed E-state index contributed by atoms with van der Waals surface area (Å²) >= 11 is 0. The van der Waals surface area contributed by atoms with E-state index in [1.807, 2.05) is 11.9 Å². The van der Waals surface area contributed by atoms with E-state index >= 15 is 0 Å². The molecule has 0 aliphatic heterocycles. The first kappa shape index (κ1) is 16.7. The Kier molecular flexibility index (Phi) is 4.47. The van der Waals surface area contributed by atoms with Crippen molar-refractivity contribution in [3.8, 4) is 5.75 Å². The van der Waals surface area contributed by atoms with Crippen molar-refractivity contribution in [1.29, 1.82) is 0 Å². The van der Waals surface area contributed by atoms with Gasteiger partial charge in [0, 0.05) is 37.9 Å². The lowest BCUT2D eigenvalue weighted by atomic mass is 9.55. The summed E-state index contributed by atoms with van der Waals surface area (Å²) in [5.41, 5.74) is 0.469. The molecule has 0 bridgehead atoms. The van der Waals surface area contributed by atoms with Crippen LogP contribution in [0.1, 0.15) is 32.9 Å². The first-order valence-electron chi connectivity index (χ1n) is 7.55. The van der Waals surface area contributed by atoms with Gasteiger partial charge in [0.2, 0.25) is 5.91 Å². The van der Waals surface area contributed by atoms with Crippen molar-refractivity contribution in [3.05, 3.63) is 24.0 Å². The van der Waals surface area contributed by atoms with Crippen molar-refractivity contribution >= 4 is 5.91 Å². The molecule has 1 aromatic heterocycles. The van der Waals surface area contributed by atoms with Gasteiger partial charge in [-0.15, -0.1) is 0 Å². The molecule has 0 unspecified atom stereocenters. The predicted octanol–water partition coefficient (Wildman–Crippen LogP) is 2.29. The van der Waals surface area contributed by atoms with E-state index in [0.717, 1.165) is 17.9 Å². The second-order valence-corrected chi connectivity index (χ2v) is 6.75. The average molecular weight is 306 g/mol. The molecule has 5 nitrogen and oxygen atoms in total. The fourth-order valence-electron chi connectivity index (χ4n) is 3.21. The maximum absolute atomic E-state index is 12.5. The molecule has 1 amide bonds. The number of likely N-dealkylation sites (N-methyl/N-ethyl adjacent to an activating group) is 1.